The van der Waals surface area contributed by atoms with E-state index >= 15 is 0 Å². The standard InChI is InChI=1S/12C5H10.C4H8O2/c12*1-3-5-4-2;1-2-6-4-3-5-1/h12*3H,1,4-5H2,2H3;1-4H2. The third-order valence-corrected chi connectivity index (χ3v) is 6.66. The molecule has 0 aliphatic carbocycles. The Morgan fingerprint density at radius 2 is 0.273 bits per heavy atom. The lowest BCUT2D eigenvalue weighted by Gasteiger charge is -2.09. The van der Waals surface area contributed by atoms with Crippen molar-refractivity contribution in [3.05, 3.63) is 152 Å². The van der Waals surface area contributed by atoms with Crippen molar-refractivity contribution in [1.82, 2.24) is 0 Å². The summed E-state index contributed by atoms with van der Waals surface area (Å²) in [4.78, 5) is 0. The van der Waals surface area contributed by atoms with Crippen molar-refractivity contribution < 1.29 is 9.47 Å². The molecule has 0 aromatic carbocycles. The van der Waals surface area contributed by atoms with Crippen LogP contribution in [0.5, 0.6) is 0 Å². The first-order chi connectivity index (χ1) is 32.0. The average Bonchev–Trinajstić information content (AvgIpc) is 3.33. The Kier molecular flexibility index (Phi) is 214. The first-order valence-electron chi connectivity index (χ1n) is 26.4. The summed E-state index contributed by atoms with van der Waals surface area (Å²) in [6.45, 7) is 71.4. The van der Waals surface area contributed by atoms with Crippen LogP contribution >= 0.6 is 0 Å². The predicted molar refractivity (Wildman–Crippen MR) is 323 cm³/mol. The lowest BCUT2D eigenvalue weighted by molar-refractivity contribution is -0.0334. The van der Waals surface area contributed by atoms with Crippen LogP contribution < -0.4 is 0 Å². The highest BCUT2D eigenvalue weighted by atomic mass is 16.6. The number of unbranched alkanes of at least 4 members (excludes halogenated alkanes) is 12. The van der Waals surface area contributed by atoms with E-state index in [1.807, 2.05) is 72.9 Å². The van der Waals surface area contributed by atoms with Crippen LogP contribution in [0.1, 0.15) is 237 Å². The molecular weight excluding hydrogens is 801 g/mol. The van der Waals surface area contributed by atoms with Crippen LogP contribution in [0.4, 0.5) is 0 Å². The van der Waals surface area contributed by atoms with Crippen molar-refractivity contribution in [3.8, 4) is 0 Å². The van der Waals surface area contributed by atoms with Crippen LogP contribution in [0, 0.1) is 0 Å². The minimum absolute atomic E-state index is 0.778. The Morgan fingerprint density at radius 3 is 0.288 bits per heavy atom. The molecule has 0 amide bonds. The van der Waals surface area contributed by atoms with E-state index in [4.69, 9.17) is 9.47 Å². The maximum absolute atomic E-state index is 4.94. The molecule has 2 nitrogen and oxygen atoms in total. The number of rotatable bonds is 24. The Morgan fingerprint density at radius 1 is 0.197 bits per heavy atom. The van der Waals surface area contributed by atoms with Crippen molar-refractivity contribution in [2.75, 3.05) is 26.4 Å². The fourth-order valence-electron chi connectivity index (χ4n) is 2.89. The molecule has 0 aromatic heterocycles. The van der Waals surface area contributed by atoms with Gasteiger partial charge in [0.05, 0.1) is 26.4 Å². The second-order valence-electron chi connectivity index (χ2n) is 14.2. The number of hydrogen-bond acceptors (Lipinski definition) is 2. The van der Waals surface area contributed by atoms with Crippen LogP contribution in [0.3, 0.4) is 0 Å². The van der Waals surface area contributed by atoms with Gasteiger partial charge in [-0.15, -0.1) is 78.9 Å². The minimum Gasteiger partial charge on any atom is -0.377 e. The van der Waals surface area contributed by atoms with Crippen LogP contribution in [0.15, 0.2) is 152 Å². The van der Waals surface area contributed by atoms with Gasteiger partial charge in [0.15, 0.2) is 0 Å². The third-order valence-electron chi connectivity index (χ3n) is 6.66. The lowest BCUT2D eigenvalue weighted by Crippen LogP contribution is -2.16. The first kappa shape index (κ1) is 92.9. The fourth-order valence-corrected chi connectivity index (χ4v) is 2.89. The summed E-state index contributed by atoms with van der Waals surface area (Å²) in [5.74, 6) is 0. The topological polar surface area (TPSA) is 18.5 Å². The molecule has 0 atom stereocenters. The molecule has 66 heavy (non-hydrogen) atoms. The van der Waals surface area contributed by atoms with Gasteiger partial charge in [-0.05, 0) is 77.0 Å². The smallest absolute Gasteiger partial charge is 0.0701 e. The summed E-state index contributed by atoms with van der Waals surface area (Å²) in [7, 11) is 0. The summed E-state index contributed by atoms with van der Waals surface area (Å²) in [6.07, 6.45) is 51.7. The van der Waals surface area contributed by atoms with Gasteiger partial charge in [-0.2, -0.15) is 0 Å². The van der Waals surface area contributed by atoms with E-state index in [0.717, 1.165) is 103 Å². The molecule has 0 aromatic rings. The molecule has 0 radical (unpaired) electrons. The Hall–Kier alpha value is -3.20. The molecule has 1 rings (SSSR count). The molecular formula is C64H128O2. The van der Waals surface area contributed by atoms with E-state index in [9.17, 15) is 0 Å². The molecule has 0 unspecified atom stereocenters. The average molecular weight is 930 g/mol. The molecule has 0 spiro atoms. The zero-order valence-electron chi connectivity index (χ0n) is 48.0. The van der Waals surface area contributed by atoms with Gasteiger partial charge in [-0.3, -0.25) is 0 Å². The quantitative estimate of drug-likeness (QED) is 0.0898. The van der Waals surface area contributed by atoms with Gasteiger partial charge >= 0.3 is 0 Å². The predicted octanol–water partition coefficient (Wildman–Crippen LogP) is 23.7. The molecule has 1 fully saturated rings. The second-order valence-corrected chi connectivity index (χ2v) is 14.2. The molecule has 2 heteroatoms. The molecule has 0 N–H and O–H groups in total. The highest BCUT2D eigenvalue weighted by Crippen LogP contribution is 1.88. The molecule has 1 aliphatic rings. The van der Waals surface area contributed by atoms with Crippen LogP contribution in [0.25, 0.3) is 0 Å². The fraction of sp³-hybridized carbons (Fsp3) is 0.625. The summed E-state index contributed by atoms with van der Waals surface area (Å²) in [5, 5.41) is 0. The Labute approximate surface area is 423 Å². The SMILES string of the molecule is C1COCCO1.C=CCCC.C=CCCC.C=CCCC.C=CCCC.C=CCCC.C=CCCC.C=CCCC.C=CCCC.C=CCCC.C=CCCC.C=CCCC.C=CCCC. The van der Waals surface area contributed by atoms with Gasteiger partial charge in [0.2, 0.25) is 0 Å². The van der Waals surface area contributed by atoms with E-state index < -0.39 is 0 Å². The minimum atomic E-state index is 0.778. The van der Waals surface area contributed by atoms with Crippen molar-refractivity contribution in [2.45, 2.75) is 237 Å². The van der Waals surface area contributed by atoms with Crippen molar-refractivity contribution in [2.24, 2.45) is 0 Å². The summed E-state index contributed by atoms with van der Waals surface area (Å²) in [6, 6.07) is 0. The van der Waals surface area contributed by atoms with E-state index in [0.29, 0.717) is 0 Å². The number of hydrogen-bond donors (Lipinski definition) is 0. The van der Waals surface area contributed by atoms with E-state index in [1.54, 1.807) is 0 Å². The van der Waals surface area contributed by atoms with Gasteiger partial charge in [-0.1, -0.05) is 233 Å². The van der Waals surface area contributed by atoms with E-state index in [1.165, 1.54) is 77.0 Å². The van der Waals surface area contributed by atoms with Gasteiger partial charge in [0.25, 0.3) is 0 Å². The van der Waals surface area contributed by atoms with Crippen molar-refractivity contribution in [3.63, 3.8) is 0 Å². The van der Waals surface area contributed by atoms with Gasteiger partial charge in [0, 0.05) is 0 Å². The third kappa shape index (κ3) is 303. The monoisotopic (exact) mass is 929 g/mol. The summed E-state index contributed by atoms with van der Waals surface area (Å²) < 4.78 is 9.89. The Bertz CT molecular complexity index is 556. The normalized spacial score (nSPS) is 8.91. The molecule has 1 aliphatic heterocycles. The second kappa shape index (κ2) is 152. The molecule has 1 saturated heterocycles. The van der Waals surface area contributed by atoms with Gasteiger partial charge in [-0.25, -0.2) is 0 Å². The Balaban J connectivity index is -0.0000000479. The van der Waals surface area contributed by atoms with Crippen LogP contribution in [-0.4, -0.2) is 26.4 Å². The van der Waals surface area contributed by atoms with E-state index in [-0.39, 0.29) is 0 Å². The van der Waals surface area contributed by atoms with Gasteiger partial charge < -0.3 is 9.47 Å². The van der Waals surface area contributed by atoms with Crippen molar-refractivity contribution >= 4 is 0 Å². The maximum Gasteiger partial charge on any atom is 0.0701 e. The summed E-state index contributed by atoms with van der Waals surface area (Å²) >= 11 is 0. The van der Waals surface area contributed by atoms with E-state index in [2.05, 4.69) is 162 Å². The molecule has 1 heterocycles. The lowest BCUT2D eigenvalue weighted by atomic mass is 10.3. The first-order valence-corrected chi connectivity index (χ1v) is 26.4. The summed E-state index contributed by atoms with van der Waals surface area (Å²) in [5.41, 5.74) is 0. The highest BCUT2D eigenvalue weighted by molar-refractivity contribution is 4.67. The zero-order chi connectivity index (χ0) is 53.7. The van der Waals surface area contributed by atoms with Crippen LogP contribution in [-0.2, 0) is 9.47 Å². The van der Waals surface area contributed by atoms with Crippen LogP contribution in [0.2, 0.25) is 0 Å². The molecule has 0 saturated carbocycles. The maximum atomic E-state index is 4.94. The zero-order valence-corrected chi connectivity index (χ0v) is 48.0. The van der Waals surface area contributed by atoms with Gasteiger partial charge in [0.1, 0.15) is 0 Å². The molecule has 396 valence electrons. The van der Waals surface area contributed by atoms with Crippen molar-refractivity contribution in [1.29, 1.82) is 0 Å². The molecule has 0 bridgehead atoms. The largest absolute Gasteiger partial charge is 0.377 e. The highest BCUT2D eigenvalue weighted by Gasteiger charge is 1.94. The number of allylic oxidation sites excluding steroid dienone is 12. The number of ether oxygens (including phenoxy) is 2.